The first-order valence-corrected chi connectivity index (χ1v) is 5.26. The van der Waals surface area contributed by atoms with Crippen molar-refractivity contribution < 1.29 is 5.11 Å². The van der Waals surface area contributed by atoms with E-state index in [9.17, 15) is 5.11 Å². The summed E-state index contributed by atoms with van der Waals surface area (Å²) in [5.74, 6) is 0.239. The van der Waals surface area contributed by atoms with Gasteiger partial charge in [-0.25, -0.2) is 0 Å². The summed E-state index contributed by atoms with van der Waals surface area (Å²) in [6, 6.07) is 8.88. The summed E-state index contributed by atoms with van der Waals surface area (Å²) >= 11 is 0. The van der Waals surface area contributed by atoms with Crippen molar-refractivity contribution in [3.63, 3.8) is 0 Å². The minimum Gasteiger partial charge on any atom is -0.507 e. The van der Waals surface area contributed by atoms with Gasteiger partial charge in [-0.3, -0.25) is 4.98 Å². The second kappa shape index (κ2) is 3.52. The minimum absolute atomic E-state index is 0.239. The first-order chi connectivity index (χ1) is 8.25. The molecule has 0 saturated heterocycles. The number of pyridine rings is 1. The van der Waals surface area contributed by atoms with E-state index < -0.39 is 0 Å². The Balaban J connectivity index is 2.31. The quantitative estimate of drug-likeness (QED) is 0.595. The number of aromatic hydroxyl groups is 1. The number of hydrogen-bond donors (Lipinski definition) is 3. The molecule has 0 aliphatic heterocycles. The van der Waals surface area contributed by atoms with Crippen molar-refractivity contribution in [3.8, 4) is 17.0 Å². The molecule has 0 fully saturated rings. The summed E-state index contributed by atoms with van der Waals surface area (Å²) in [5.41, 5.74) is 8.87. The molecule has 84 valence electrons. The Morgan fingerprint density at radius 3 is 2.94 bits per heavy atom. The molecule has 0 bridgehead atoms. The van der Waals surface area contributed by atoms with Crippen LogP contribution in [0.3, 0.4) is 0 Å². The molecular weight excluding hydrogens is 214 g/mol. The highest BCUT2D eigenvalue weighted by Gasteiger charge is 2.10. The number of aromatic amines is 1. The molecule has 3 rings (SSSR count). The number of rotatable bonds is 1. The van der Waals surface area contributed by atoms with Gasteiger partial charge >= 0.3 is 0 Å². The molecule has 4 N–H and O–H groups in total. The molecule has 2 heterocycles. The van der Waals surface area contributed by atoms with E-state index in [1.807, 2.05) is 12.3 Å². The smallest absolute Gasteiger partial charge is 0.125 e. The van der Waals surface area contributed by atoms with Gasteiger partial charge in [0.2, 0.25) is 0 Å². The Bertz CT molecular complexity index is 688. The molecule has 0 saturated carbocycles. The Hall–Kier alpha value is -2.49. The monoisotopic (exact) mass is 225 g/mol. The number of nitrogens with one attached hydrogen (secondary N) is 1. The summed E-state index contributed by atoms with van der Waals surface area (Å²) < 4.78 is 0. The maximum absolute atomic E-state index is 9.89. The lowest BCUT2D eigenvalue weighted by Gasteiger charge is -2.01. The van der Waals surface area contributed by atoms with Gasteiger partial charge in [-0.1, -0.05) is 6.07 Å². The highest BCUT2D eigenvalue weighted by molar-refractivity contribution is 5.99. The highest BCUT2D eigenvalue weighted by Crippen LogP contribution is 2.33. The first-order valence-electron chi connectivity index (χ1n) is 5.26. The summed E-state index contributed by atoms with van der Waals surface area (Å²) in [7, 11) is 0. The van der Waals surface area contributed by atoms with Crippen LogP contribution < -0.4 is 5.73 Å². The maximum atomic E-state index is 9.89. The molecule has 4 heteroatoms. The molecule has 0 aliphatic rings. The summed E-state index contributed by atoms with van der Waals surface area (Å²) in [5, 5.41) is 10.7. The largest absolute Gasteiger partial charge is 0.507 e. The van der Waals surface area contributed by atoms with Crippen molar-refractivity contribution in [1.82, 2.24) is 9.97 Å². The van der Waals surface area contributed by atoms with Crippen LogP contribution in [-0.4, -0.2) is 15.1 Å². The first kappa shape index (κ1) is 9.72. The van der Waals surface area contributed by atoms with E-state index in [1.165, 1.54) is 0 Å². The number of nitrogens with zero attached hydrogens (tertiary/aromatic N) is 1. The number of anilines is 1. The molecular formula is C13H11N3O. The molecule has 0 spiro atoms. The number of phenols is 1. The molecule has 0 aliphatic carbocycles. The summed E-state index contributed by atoms with van der Waals surface area (Å²) in [6.45, 7) is 0. The van der Waals surface area contributed by atoms with Gasteiger partial charge in [-0.15, -0.1) is 0 Å². The van der Waals surface area contributed by atoms with Crippen LogP contribution in [0.5, 0.6) is 5.75 Å². The lowest BCUT2D eigenvalue weighted by molar-refractivity contribution is 0.482. The van der Waals surface area contributed by atoms with Crippen LogP contribution in [0.25, 0.3) is 22.2 Å². The van der Waals surface area contributed by atoms with Crippen LogP contribution in [0.15, 0.2) is 42.7 Å². The molecule has 3 aromatic rings. The van der Waals surface area contributed by atoms with E-state index in [-0.39, 0.29) is 5.75 Å². The van der Waals surface area contributed by atoms with Crippen molar-refractivity contribution in [2.24, 2.45) is 0 Å². The fourth-order valence-electron chi connectivity index (χ4n) is 1.96. The van der Waals surface area contributed by atoms with Gasteiger partial charge in [0.25, 0.3) is 0 Å². The average Bonchev–Trinajstić information content (AvgIpc) is 2.74. The molecule has 1 aromatic carbocycles. The highest BCUT2D eigenvalue weighted by atomic mass is 16.3. The SMILES string of the molecule is Nc1ccnc(-c2c[nH]c3cccc(O)c23)c1. The number of H-pyrrole nitrogens is 1. The second-order valence-corrected chi connectivity index (χ2v) is 3.88. The molecule has 0 atom stereocenters. The Morgan fingerprint density at radius 2 is 2.12 bits per heavy atom. The molecule has 17 heavy (non-hydrogen) atoms. The third-order valence-electron chi connectivity index (χ3n) is 2.74. The number of phenolic OH excluding ortho intramolecular Hbond substituents is 1. The minimum atomic E-state index is 0.239. The van der Waals surface area contributed by atoms with E-state index in [4.69, 9.17) is 5.73 Å². The average molecular weight is 225 g/mol. The van der Waals surface area contributed by atoms with Crippen LogP contribution in [0.2, 0.25) is 0 Å². The predicted molar refractivity (Wildman–Crippen MR) is 67.6 cm³/mol. The van der Waals surface area contributed by atoms with Crippen molar-refractivity contribution in [2.45, 2.75) is 0 Å². The van der Waals surface area contributed by atoms with Crippen LogP contribution >= 0.6 is 0 Å². The van der Waals surface area contributed by atoms with Gasteiger partial charge in [0.05, 0.1) is 11.1 Å². The second-order valence-electron chi connectivity index (χ2n) is 3.88. The zero-order valence-electron chi connectivity index (χ0n) is 9.01. The van der Waals surface area contributed by atoms with Crippen molar-refractivity contribution in [1.29, 1.82) is 0 Å². The normalized spacial score (nSPS) is 10.8. The Morgan fingerprint density at radius 1 is 1.24 bits per heavy atom. The number of benzene rings is 1. The maximum Gasteiger partial charge on any atom is 0.125 e. The van der Waals surface area contributed by atoms with E-state index in [2.05, 4.69) is 9.97 Å². The van der Waals surface area contributed by atoms with E-state index in [0.29, 0.717) is 5.69 Å². The van der Waals surface area contributed by atoms with Gasteiger partial charge in [-0.05, 0) is 24.3 Å². The van der Waals surface area contributed by atoms with Gasteiger partial charge in [0.15, 0.2) is 0 Å². The third-order valence-corrected chi connectivity index (χ3v) is 2.74. The third kappa shape index (κ3) is 1.50. The number of nitrogen functional groups attached to an aromatic ring is 1. The lowest BCUT2D eigenvalue weighted by atomic mass is 10.1. The van der Waals surface area contributed by atoms with Crippen molar-refractivity contribution in [3.05, 3.63) is 42.7 Å². The van der Waals surface area contributed by atoms with Crippen LogP contribution in [0.4, 0.5) is 5.69 Å². The molecule has 0 radical (unpaired) electrons. The van der Waals surface area contributed by atoms with Crippen LogP contribution in [0.1, 0.15) is 0 Å². The van der Waals surface area contributed by atoms with Crippen molar-refractivity contribution in [2.75, 3.05) is 5.73 Å². The van der Waals surface area contributed by atoms with Gasteiger partial charge in [-0.2, -0.15) is 0 Å². The van der Waals surface area contributed by atoms with E-state index >= 15 is 0 Å². The standard InChI is InChI=1S/C13H11N3O/c14-8-4-5-15-11(6-8)9-7-16-10-2-1-3-12(17)13(9)10/h1-7,16-17H,(H2,14,15). The van der Waals surface area contributed by atoms with Crippen molar-refractivity contribution >= 4 is 16.6 Å². The lowest BCUT2D eigenvalue weighted by Crippen LogP contribution is -1.87. The van der Waals surface area contributed by atoms with E-state index in [0.717, 1.165) is 22.2 Å². The Labute approximate surface area is 97.7 Å². The van der Waals surface area contributed by atoms with Gasteiger partial charge in [0.1, 0.15) is 5.75 Å². The van der Waals surface area contributed by atoms with Crippen LogP contribution in [0, 0.1) is 0 Å². The zero-order chi connectivity index (χ0) is 11.8. The number of nitrogens with two attached hydrogens (primary N) is 1. The number of aromatic nitrogens is 2. The topological polar surface area (TPSA) is 74.9 Å². The zero-order valence-corrected chi connectivity index (χ0v) is 9.01. The molecule has 0 unspecified atom stereocenters. The number of fused-ring (bicyclic) bond motifs is 1. The number of hydrogen-bond acceptors (Lipinski definition) is 3. The Kier molecular flexibility index (Phi) is 2.01. The fourth-order valence-corrected chi connectivity index (χ4v) is 1.96. The molecule has 4 nitrogen and oxygen atoms in total. The predicted octanol–water partition coefficient (Wildman–Crippen LogP) is 2.52. The molecule has 0 amide bonds. The molecule has 2 aromatic heterocycles. The summed E-state index contributed by atoms with van der Waals surface area (Å²) in [6.07, 6.45) is 3.48. The summed E-state index contributed by atoms with van der Waals surface area (Å²) in [4.78, 5) is 7.37. The van der Waals surface area contributed by atoms with E-state index in [1.54, 1.807) is 30.5 Å². The fraction of sp³-hybridized carbons (Fsp3) is 0. The van der Waals surface area contributed by atoms with Gasteiger partial charge in [0, 0.05) is 29.2 Å². The van der Waals surface area contributed by atoms with Gasteiger partial charge < -0.3 is 15.8 Å². The van der Waals surface area contributed by atoms with Crippen LogP contribution in [-0.2, 0) is 0 Å².